The topological polar surface area (TPSA) is 21.3 Å². The van der Waals surface area contributed by atoms with Crippen LogP contribution >= 0.6 is 12.4 Å². The maximum Gasteiger partial charge on any atom is 0.122 e. The van der Waals surface area contributed by atoms with Crippen LogP contribution in [-0.4, -0.2) is 19.2 Å². The molecule has 1 heterocycles. The minimum atomic E-state index is 0. The fourth-order valence-corrected chi connectivity index (χ4v) is 1.82. The van der Waals surface area contributed by atoms with Crippen molar-refractivity contribution in [2.24, 2.45) is 0 Å². The van der Waals surface area contributed by atoms with Gasteiger partial charge in [0.2, 0.25) is 0 Å². The average molecular weight is 228 g/mol. The lowest BCUT2D eigenvalue weighted by Gasteiger charge is -2.15. The molecule has 84 valence electrons. The number of para-hydroxylation sites is 1. The van der Waals surface area contributed by atoms with E-state index >= 15 is 0 Å². The lowest BCUT2D eigenvalue weighted by Crippen LogP contribution is -2.20. The molecule has 0 aromatic heterocycles. The highest BCUT2D eigenvalue weighted by Crippen LogP contribution is 2.21. The molecular formula is C12H18ClNO. The maximum atomic E-state index is 5.93. The van der Waals surface area contributed by atoms with Crippen LogP contribution in [0.4, 0.5) is 0 Å². The summed E-state index contributed by atoms with van der Waals surface area (Å²) in [5.41, 5.74) is 1.31. The van der Waals surface area contributed by atoms with Crippen LogP contribution in [0.1, 0.15) is 18.9 Å². The van der Waals surface area contributed by atoms with Gasteiger partial charge in [-0.25, -0.2) is 0 Å². The van der Waals surface area contributed by atoms with Gasteiger partial charge in [0, 0.05) is 6.54 Å². The van der Waals surface area contributed by atoms with Gasteiger partial charge in [-0.15, -0.1) is 12.4 Å². The van der Waals surface area contributed by atoms with Crippen LogP contribution in [0.15, 0.2) is 24.3 Å². The predicted octanol–water partition coefficient (Wildman–Crippen LogP) is 2.41. The minimum Gasteiger partial charge on any atom is -0.489 e. The minimum absolute atomic E-state index is 0. The zero-order valence-corrected chi connectivity index (χ0v) is 9.85. The second-order valence-electron chi connectivity index (χ2n) is 3.69. The van der Waals surface area contributed by atoms with Crippen LogP contribution < -0.4 is 10.1 Å². The summed E-state index contributed by atoms with van der Waals surface area (Å²) in [6, 6.07) is 8.31. The van der Waals surface area contributed by atoms with Gasteiger partial charge in [-0.05, 0) is 31.0 Å². The van der Waals surface area contributed by atoms with Gasteiger partial charge in [-0.3, -0.25) is 0 Å². The summed E-state index contributed by atoms with van der Waals surface area (Å²) in [6.07, 6.45) is 2.52. The number of rotatable bonds is 3. The molecule has 0 aliphatic carbocycles. The fourth-order valence-electron chi connectivity index (χ4n) is 1.82. The molecule has 0 bridgehead atoms. The second-order valence-corrected chi connectivity index (χ2v) is 3.69. The average Bonchev–Trinajstić information content (AvgIpc) is 2.71. The summed E-state index contributed by atoms with van der Waals surface area (Å²) in [7, 11) is 0. The van der Waals surface area contributed by atoms with Crippen molar-refractivity contribution in [3.63, 3.8) is 0 Å². The van der Waals surface area contributed by atoms with E-state index in [-0.39, 0.29) is 12.4 Å². The maximum absolute atomic E-state index is 5.93. The van der Waals surface area contributed by atoms with E-state index in [0.29, 0.717) is 6.10 Å². The van der Waals surface area contributed by atoms with Crippen LogP contribution in [0.5, 0.6) is 5.75 Å². The molecule has 0 amide bonds. The monoisotopic (exact) mass is 227 g/mol. The van der Waals surface area contributed by atoms with Crippen LogP contribution in [0.2, 0.25) is 0 Å². The third-order valence-corrected chi connectivity index (χ3v) is 2.66. The van der Waals surface area contributed by atoms with Crippen molar-refractivity contribution in [2.45, 2.75) is 25.9 Å². The van der Waals surface area contributed by atoms with E-state index in [1.54, 1.807) is 0 Å². The summed E-state index contributed by atoms with van der Waals surface area (Å²) in [5.74, 6) is 1.06. The van der Waals surface area contributed by atoms with Crippen molar-refractivity contribution < 1.29 is 4.74 Å². The molecule has 15 heavy (non-hydrogen) atoms. The summed E-state index contributed by atoms with van der Waals surface area (Å²) < 4.78 is 5.93. The number of hydrogen-bond acceptors (Lipinski definition) is 2. The Hall–Kier alpha value is -0.730. The number of halogens is 1. The van der Waals surface area contributed by atoms with Gasteiger partial charge in [-0.1, -0.05) is 25.1 Å². The molecule has 0 radical (unpaired) electrons. The first kappa shape index (κ1) is 12.3. The second kappa shape index (κ2) is 5.99. The Morgan fingerprint density at radius 2 is 2.20 bits per heavy atom. The molecule has 1 aromatic carbocycles. The lowest BCUT2D eigenvalue weighted by molar-refractivity contribution is 0.221. The van der Waals surface area contributed by atoms with Crippen LogP contribution in [0.3, 0.4) is 0 Å². The predicted molar refractivity (Wildman–Crippen MR) is 65.0 cm³/mol. The molecular weight excluding hydrogens is 210 g/mol. The Labute approximate surface area is 97.4 Å². The van der Waals surface area contributed by atoms with Crippen LogP contribution in [0, 0.1) is 0 Å². The molecule has 1 fully saturated rings. The summed E-state index contributed by atoms with van der Waals surface area (Å²) >= 11 is 0. The Morgan fingerprint density at radius 3 is 2.87 bits per heavy atom. The van der Waals surface area contributed by atoms with Crippen LogP contribution in [-0.2, 0) is 6.42 Å². The molecule has 2 nitrogen and oxygen atoms in total. The van der Waals surface area contributed by atoms with E-state index in [9.17, 15) is 0 Å². The molecule has 1 atom stereocenters. The van der Waals surface area contributed by atoms with Crippen molar-refractivity contribution in [2.75, 3.05) is 13.1 Å². The van der Waals surface area contributed by atoms with E-state index in [4.69, 9.17) is 4.74 Å². The molecule has 1 aromatic rings. The first-order chi connectivity index (χ1) is 6.90. The highest BCUT2D eigenvalue weighted by molar-refractivity contribution is 5.85. The first-order valence-electron chi connectivity index (χ1n) is 5.35. The fraction of sp³-hybridized carbons (Fsp3) is 0.500. The third-order valence-electron chi connectivity index (χ3n) is 2.66. The van der Waals surface area contributed by atoms with E-state index in [1.165, 1.54) is 5.56 Å². The molecule has 1 aliphatic heterocycles. The van der Waals surface area contributed by atoms with Gasteiger partial charge in [0.25, 0.3) is 0 Å². The SMILES string of the molecule is CCc1ccccc1OC1CCNC1.Cl. The molecule has 1 aliphatic rings. The van der Waals surface area contributed by atoms with E-state index in [1.807, 2.05) is 6.07 Å². The summed E-state index contributed by atoms with van der Waals surface area (Å²) in [5, 5.41) is 3.31. The molecule has 1 N–H and O–H groups in total. The molecule has 1 unspecified atom stereocenters. The highest BCUT2D eigenvalue weighted by Gasteiger charge is 2.16. The summed E-state index contributed by atoms with van der Waals surface area (Å²) in [6.45, 7) is 4.23. The van der Waals surface area contributed by atoms with Gasteiger partial charge >= 0.3 is 0 Å². The van der Waals surface area contributed by atoms with E-state index < -0.39 is 0 Å². The quantitative estimate of drug-likeness (QED) is 0.857. The number of benzene rings is 1. The highest BCUT2D eigenvalue weighted by atomic mass is 35.5. The standard InChI is InChI=1S/C12H17NO.ClH/c1-2-10-5-3-4-6-12(10)14-11-7-8-13-9-11;/h3-6,11,13H,2,7-9H2,1H3;1H. The van der Waals surface area contributed by atoms with E-state index in [0.717, 1.165) is 31.7 Å². The van der Waals surface area contributed by atoms with Gasteiger partial charge in [0.15, 0.2) is 0 Å². The van der Waals surface area contributed by atoms with E-state index in [2.05, 4.69) is 30.4 Å². The zero-order chi connectivity index (χ0) is 9.80. The number of aryl methyl sites for hydroxylation is 1. The lowest BCUT2D eigenvalue weighted by atomic mass is 10.1. The van der Waals surface area contributed by atoms with Gasteiger partial charge in [-0.2, -0.15) is 0 Å². The van der Waals surface area contributed by atoms with Gasteiger partial charge < -0.3 is 10.1 Å². The Balaban J connectivity index is 0.00000112. The molecule has 0 spiro atoms. The van der Waals surface area contributed by atoms with Crippen molar-refractivity contribution in [1.82, 2.24) is 5.32 Å². The Kier molecular flexibility index (Phi) is 4.92. The smallest absolute Gasteiger partial charge is 0.122 e. The van der Waals surface area contributed by atoms with Gasteiger partial charge in [0.1, 0.15) is 11.9 Å². The van der Waals surface area contributed by atoms with Crippen molar-refractivity contribution in [3.05, 3.63) is 29.8 Å². The molecule has 1 saturated heterocycles. The van der Waals surface area contributed by atoms with Crippen LogP contribution in [0.25, 0.3) is 0 Å². The van der Waals surface area contributed by atoms with Gasteiger partial charge in [0.05, 0.1) is 0 Å². The third kappa shape index (κ3) is 3.11. The Morgan fingerprint density at radius 1 is 1.40 bits per heavy atom. The number of nitrogens with one attached hydrogen (secondary N) is 1. The molecule has 3 heteroatoms. The zero-order valence-electron chi connectivity index (χ0n) is 9.03. The number of hydrogen-bond donors (Lipinski definition) is 1. The Bertz CT molecular complexity index is 297. The van der Waals surface area contributed by atoms with Crippen molar-refractivity contribution >= 4 is 12.4 Å². The molecule has 0 saturated carbocycles. The molecule has 2 rings (SSSR count). The first-order valence-corrected chi connectivity index (χ1v) is 5.35. The number of ether oxygens (including phenoxy) is 1. The van der Waals surface area contributed by atoms with Crippen molar-refractivity contribution in [1.29, 1.82) is 0 Å². The summed E-state index contributed by atoms with van der Waals surface area (Å²) in [4.78, 5) is 0. The van der Waals surface area contributed by atoms with Crippen molar-refractivity contribution in [3.8, 4) is 5.75 Å². The normalized spacial score (nSPS) is 19.7. The largest absolute Gasteiger partial charge is 0.489 e.